The normalized spacial score (nSPS) is 15.3. The average molecular weight is 371 g/mol. The molecule has 0 aliphatic carbocycles. The van der Waals surface area contributed by atoms with Crippen LogP contribution in [0.3, 0.4) is 0 Å². The van der Waals surface area contributed by atoms with E-state index in [1.165, 1.54) is 0 Å². The minimum absolute atomic E-state index is 0.278. The second kappa shape index (κ2) is 5.99. The highest BCUT2D eigenvalue weighted by Crippen LogP contribution is 2.30. The van der Waals surface area contributed by atoms with Gasteiger partial charge in [-0.1, -0.05) is 24.3 Å². The SMILES string of the molecule is Cc1ccc2cc3c(nc2c1)N(C(=O)CN1C(=O)c2ccccc2C1=O)CC3. The lowest BCUT2D eigenvalue weighted by atomic mass is 10.1. The van der Waals surface area contributed by atoms with E-state index >= 15 is 0 Å². The highest BCUT2D eigenvalue weighted by molar-refractivity contribution is 6.22. The molecule has 0 atom stereocenters. The first kappa shape index (κ1) is 16.6. The quantitative estimate of drug-likeness (QED) is 0.650. The van der Waals surface area contributed by atoms with Crippen LogP contribution in [-0.2, 0) is 11.2 Å². The van der Waals surface area contributed by atoms with Crippen LogP contribution in [0.1, 0.15) is 31.8 Å². The smallest absolute Gasteiger partial charge is 0.262 e. The molecule has 0 saturated carbocycles. The number of pyridine rings is 1. The van der Waals surface area contributed by atoms with E-state index in [2.05, 4.69) is 11.1 Å². The summed E-state index contributed by atoms with van der Waals surface area (Å²) in [7, 11) is 0. The molecule has 0 fully saturated rings. The molecule has 28 heavy (non-hydrogen) atoms. The highest BCUT2D eigenvalue weighted by atomic mass is 16.2. The Balaban J connectivity index is 1.44. The first-order chi connectivity index (χ1) is 13.5. The van der Waals surface area contributed by atoms with Gasteiger partial charge in [-0.15, -0.1) is 0 Å². The Labute approximate surface area is 161 Å². The van der Waals surface area contributed by atoms with E-state index < -0.39 is 11.8 Å². The fourth-order valence-corrected chi connectivity index (χ4v) is 3.91. The van der Waals surface area contributed by atoms with Gasteiger partial charge in [-0.05, 0) is 48.7 Å². The number of benzene rings is 2. The van der Waals surface area contributed by atoms with Crippen LogP contribution in [-0.4, -0.2) is 40.7 Å². The van der Waals surface area contributed by atoms with Gasteiger partial charge in [0, 0.05) is 11.9 Å². The molecule has 2 aliphatic heterocycles. The first-order valence-corrected chi connectivity index (χ1v) is 9.19. The maximum atomic E-state index is 12.9. The van der Waals surface area contributed by atoms with E-state index in [0.717, 1.165) is 26.9 Å². The number of carbonyl (C=O) groups is 3. The number of imide groups is 1. The number of hydrogen-bond acceptors (Lipinski definition) is 4. The van der Waals surface area contributed by atoms with E-state index in [0.29, 0.717) is 29.9 Å². The number of anilines is 1. The van der Waals surface area contributed by atoms with Gasteiger partial charge in [0.15, 0.2) is 0 Å². The van der Waals surface area contributed by atoms with Crippen LogP contribution in [0.2, 0.25) is 0 Å². The van der Waals surface area contributed by atoms with Crippen molar-refractivity contribution in [3.8, 4) is 0 Å². The molecule has 3 heterocycles. The summed E-state index contributed by atoms with van der Waals surface area (Å²) in [5.74, 6) is -0.515. The molecule has 6 nitrogen and oxygen atoms in total. The predicted octanol–water partition coefficient (Wildman–Crippen LogP) is 2.73. The second-order valence-electron chi connectivity index (χ2n) is 7.20. The zero-order valence-corrected chi connectivity index (χ0v) is 15.3. The monoisotopic (exact) mass is 371 g/mol. The average Bonchev–Trinajstić information content (AvgIpc) is 3.21. The summed E-state index contributed by atoms with van der Waals surface area (Å²) in [5, 5.41) is 1.04. The summed E-state index contributed by atoms with van der Waals surface area (Å²) >= 11 is 0. The Morgan fingerprint density at radius 1 is 1.04 bits per heavy atom. The number of amides is 3. The number of carbonyl (C=O) groups excluding carboxylic acids is 3. The third-order valence-corrected chi connectivity index (χ3v) is 5.36. The Hall–Kier alpha value is -3.54. The summed E-state index contributed by atoms with van der Waals surface area (Å²) in [4.78, 5) is 45.3. The highest BCUT2D eigenvalue weighted by Gasteiger charge is 2.38. The minimum atomic E-state index is -0.421. The molecular weight excluding hydrogens is 354 g/mol. The molecular formula is C22H17N3O3. The standard InChI is InChI=1S/C22H17N3O3/c1-13-6-7-14-11-15-8-9-24(20(15)23-18(14)10-13)19(26)12-25-21(27)16-4-2-3-5-17(16)22(25)28/h2-7,10-11H,8-9,12H2,1H3. The summed E-state index contributed by atoms with van der Waals surface area (Å²) in [6.07, 6.45) is 0.708. The molecule has 2 aromatic carbocycles. The Morgan fingerprint density at radius 3 is 2.46 bits per heavy atom. The third kappa shape index (κ3) is 2.41. The lowest BCUT2D eigenvalue weighted by molar-refractivity contribution is -0.118. The summed E-state index contributed by atoms with van der Waals surface area (Å²) in [5.41, 5.74) is 3.64. The maximum absolute atomic E-state index is 12.9. The minimum Gasteiger partial charge on any atom is -0.295 e. The van der Waals surface area contributed by atoms with Crippen molar-refractivity contribution >= 4 is 34.4 Å². The molecule has 3 aromatic rings. The largest absolute Gasteiger partial charge is 0.295 e. The number of aryl methyl sites for hydroxylation is 1. The molecule has 0 bridgehead atoms. The Kier molecular flexibility index (Phi) is 3.55. The van der Waals surface area contributed by atoms with Crippen molar-refractivity contribution in [1.82, 2.24) is 9.88 Å². The maximum Gasteiger partial charge on any atom is 0.262 e. The molecule has 2 aliphatic rings. The van der Waals surface area contributed by atoms with Gasteiger partial charge in [0.1, 0.15) is 12.4 Å². The van der Waals surface area contributed by atoms with Crippen LogP contribution >= 0.6 is 0 Å². The van der Waals surface area contributed by atoms with Gasteiger partial charge in [-0.3, -0.25) is 24.2 Å². The van der Waals surface area contributed by atoms with Crippen molar-refractivity contribution in [2.75, 3.05) is 18.0 Å². The topological polar surface area (TPSA) is 70.6 Å². The Morgan fingerprint density at radius 2 is 1.75 bits per heavy atom. The van der Waals surface area contributed by atoms with Gasteiger partial charge in [0.25, 0.3) is 11.8 Å². The molecule has 0 radical (unpaired) electrons. The Bertz CT molecular complexity index is 1150. The number of hydrogen-bond donors (Lipinski definition) is 0. The summed E-state index contributed by atoms with van der Waals surface area (Å²) < 4.78 is 0. The molecule has 5 rings (SSSR count). The zero-order chi connectivity index (χ0) is 19.4. The molecule has 0 unspecified atom stereocenters. The van der Waals surface area contributed by atoms with Crippen molar-refractivity contribution in [2.24, 2.45) is 0 Å². The lowest BCUT2D eigenvalue weighted by Gasteiger charge is -2.20. The van der Waals surface area contributed by atoms with Gasteiger partial charge < -0.3 is 0 Å². The van der Waals surface area contributed by atoms with Gasteiger partial charge in [-0.25, -0.2) is 4.98 Å². The van der Waals surface area contributed by atoms with Crippen LogP contribution in [0, 0.1) is 6.92 Å². The van der Waals surface area contributed by atoms with E-state index in [4.69, 9.17) is 0 Å². The molecule has 0 saturated heterocycles. The van der Waals surface area contributed by atoms with Crippen LogP contribution in [0.25, 0.3) is 10.9 Å². The molecule has 0 spiro atoms. The van der Waals surface area contributed by atoms with E-state index in [9.17, 15) is 14.4 Å². The van der Waals surface area contributed by atoms with Crippen LogP contribution < -0.4 is 4.90 Å². The predicted molar refractivity (Wildman–Crippen MR) is 104 cm³/mol. The third-order valence-electron chi connectivity index (χ3n) is 5.36. The fraction of sp³-hybridized carbons (Fsp3) is 0.182. The fourth-order valence-electron chi connectivity index (χ4n) is 3.91. The van der Waals surface area contributed by atoms with Gasteiger partial charge >= 0.3 is 0 Å². The molecule has 0 N–H and O–H groups in total. The van der Waals surface area contributed by atoms with E-state index in [1.54, 1.807) is 29.2 Å². The second-order valence-corrected chi connectivity index (χ2v) is 7.20. The number of aromatic nitrogens is 1. The lowest BCUT2D eigenvalue weighted by Crippen LogP contribution is -2.42. The number of rotatable bonds is 2. The first-order valence-electron chi connectivity index (χ1n) is 9.19. The van der Waals surface area contributed by atoms with E-state index in [1.807, 2.05) is 25.1 Å². The van der Waals surface area contributed by atoms with Crippen LogP contribution in [0.4, 0.5) is 5.82 Å². The molecule has 138 valence electrons. The van der Waals surface area contributed by atoms with Gasteiger partial charge in [0.05, 0.1) is 16.6 Å². The van der Waals surface area contributed by atoms with Crippen LogP contribution in [0.5, 0.6) is 0 Å². The van der Waals surface area contributed by atoms with Crippen molar-refractivity contribution in [1.29, 1.82) is 0 Å². The molecule has 3 amide bonds. The van der Waals surface area contributed by atoms with Crippen molar-refractivity contribution < 1.29 is 14.4 Å². The van der Waals surface area contributed by atoms with Crippen molar-refractivity contribution in [3.63, 3.8) is 0 Å². The molecule has 6 heteroatoms. The number of nitrogens with zero attached hydrogens (tertiary/aromatic N) is 3. The summed E-state index contributed by atoms with van der Waals surface area (Å²) in [6, 6.07) is 14.8. The summed E-state index contributed by atoms with van der Waals surface area (Å²) in [6.45, 7) is 2.22. The van der Waals surface area contributed by atoms with Gasteiger partial charge in [0.2, 0.25) is 5.91 Å². The van der Waals surface area contributed by atoms with Gasteiger partial charge in [-0.2, -0.15) is 0 Å². The molecule has 1 aromatic heterocycles. The number of fused-ring (bicyclic) bond motifs is 3. The van der Waals surface area contributed by atoms with Crippen molar-refractivity contribution in [3.05, 3.63) is 70.8 Å². The van der Waals surface area contributed by atoms with E-state index in [-0.39, 0.29) is 12.5 Å². The van der Waals surface area contributed by atoms with Crippen LogP contribution in [0.15, 0.2) is 48.5 Å². The zero-order valence-electron chi connectivity index (χ0n) is 15.3. The van der Waals surface area contributed by atoms with Crippen molar-refractivity contribution in [2.45, 2.75) is 13.3 Å².